The van der Waals surface area contributed by atoms with E-state index in [0.717, 1.165) is 51.6 Å². The van der Waals surface area contributed by atoms with E-state index in [1.807, 2.05) is 61.6 Å². The molecule has 0 saturated heterocycles. The Morgan fingerprint density at radius 1 is 0.969 bits per heavy atom. The zero-order valence-corrected chi connectivity index (χ0v) is 18.0. The Labute approximate surface area is 186 Å². The molecule has 0 amide bonds. The molecule has 2 heterocycles. The molecule has 1 aliphatic rings. The number of anilines is 3. The lowest BCUT2D eigenvalue weighted by Crippen LogP contribution is -2.34. The van der Waals surface area contributed by atoms with Gasteiger partial charge >= 0.3 is 0 Å². The van der Waals surface area contributed by atoms with Crippen LogP contribution in [0, 0.1) is 5.82 Å². The second kappa shape index (κ2) is 8.32. The molecule has 160 valence electrons. The Morgan fingerprint density at radius 3 is 2.59 bits per heavy atom. The third-order valence-electron chi connectivity index (χ3n) is 5.46. The van der Waals surface area contributed by atoms with Crippen LogP contribution in [0.15, 0.2) is 90.8 Å². The monoisotopic (exact) mass is 425 g/mol. The molecule has 0 unspecified atom stereocenters. The maximum absolute atomic E-state index is 13.8. The molecular weight excluding hydrogens is 401 g/mol. The summed E-state index contributed by atoms with van der Waals surface area (Å²) >= 11 is 0. The molecule has 3 aromatic carbocycles. The van der Waals surface area contributed by atoms with Crippen LogP contribution in [0.25, 0.3) is 22.2 Å². The predicted molar refractivity (Wildman–Crippen MR) is 130 cm³/mol. The van der Waals surface area contributed by atoms with Crippen molar-refractivity contribution in [1.82, 2.24) is 10.4 Å². The molecule has 0 radical (unpaired) electrons. The Hall–Kier alpha value is -3.90. The zero-order valence-electron chi connectivity index (χ0n) is 18.0. The van der Waals surface area contributed by atoms with Crippen molar-refractivity contribution in [3.05, 3.63) is 96.6 Å². The van der Waals surface area contributed by atoms with Crippen molar-refractivity contribution in [2.75, 3.05) is 35.9 Å². The van der Waals surface area contributed by atoms with Crippen LogP contribution in [-0.4, -0.2) is 25.6 Å². The van der Waals surface area contributed by atoms with Gasteiger partial charge in [-0.1, -0.05) is 30.3 Å². The number of nitrogens with zero attached hydrogens (tertiary/aromatic N) is 3. The van der Waals surface area contributed by atoms with E-state index < -0.39 is 0 Å². The molecule has 0 aliphatic carbocycles. The number of halogens is 1. The molecule has 5 nitrogen and oxygen atoms in total. The van der Waals surface area contributed by atoms with Gasteiger partial charge in [-0.3, -0.25) is 5.01 Å². The van der Waals surface area contributed by atoms with Gasteiger partial charge in [0.2, 0.25) is 0 Å². The highest BCUT2D eigenvalue weighted by Crippen LogP contribution is 2.32. The van der Waals surface area contributed by atoms with E-state index in [9.17, 15) is 4.39 Å². The number of hydrogen-bond acceptors (Lipinski definition) is 5. The van der Waals surface area contributed by atoms with Gasteiger partial charge in [-0.15, -0.1) is 0 Å². The van der Waals surface area contributed by atoms with Crippen molar-refractivity contribution in [3.63, 3.8) is 0 Å². The highest BCUT2D eigenvalue weighted by Gasteiger charge is 2.17. The van der Waals surface area contributed by atoms with Crippen LogP contribution in [0.3, 0.4) is 0 Å². The van der Waals surface area contributed by atoms with Crippen molar-refractivity contribution in [3.8, 4) is 11.3 Å². The van der Waals surface area contributed by atoms with E-state index in [-0.39, 0.29) is 5.82 Å². The average Bonchev–Trinajstić information content (AvgIpc) is 3.27. The summed E-state index contributed by atoms with van der Waals surface area (Å²) in [7, 11) is 4.01. The zero-order chi connectivity index (χ0) is 22.1. The molecule has 32 heavy (non-hydrogen) atoms. The maximum atomic E-state index is 13.8. The Bertz CT molecular complexity index is 1300. The van der Waals surface area contributed by atoms with Crippen LogP contribution in [0.2, 0.25) is 0 Å². The lowest BCUT2D eigenvalue weighted by molar-refractivity contribution is 0.628. The quantitative estimate of drug-likeness (QED) is 0.449. The molecule has 0 atom stereocenters. The summed E-state index contributed by atoms with van der Waals surface area (Å²) in [6.07, 6.45) is 2.12. The van der Waals surface area contributed by atoms with Gasteiger partial charge in [0.15, 0.2) is 0 Å². The number of hydrazine groups is 1. The lowest BCUT2D eigenvalue weighted by atomic mass is 10.1. The summed E-state index contributed by atoms with van der Waals surface area (Å²) in [5.41, 5.74) is 8.80. The van der Waals surface area contributed by atoms with Gasteiger partial charge in [0.05, 0.1) is 16.9 Å². The minimum Gasteiger partial charge on any atom is -0.377 e. The molecule has 0 bridgehead atoms. The number of aromatic nitrogens is 1. The third kappa shape index (κ3) is 3.88. The first kappa shape index (κ1) is 20.0. The minimum absolute atomic E-state index is 0.267. The fourth-order valence-corrected chi connectivity index (χ4v) is 3.92. The van der Waals surface area contributed by atoms with Crippen LogP contribution in [0.4, 0.5) is 21.5 Å². The number of nitrogens with one attached hydrogen (secondary N) is 2. The van der Waals surface area contributed by atoms with Crippen LogP contribution in [-0.2, 0) is 0 Å². The minimum atomic E-state index is -0.267. The van der Waals surface area contributed by atoms with Crippen molar-refractivity contribution >= 4 is 28.0 Å². The number of hydrogen-bond donors (Lipinski definition) is 2. The van der Waals surface area contributed by atoms with E-state index in [1.54, 1.807) is 6.07 Å². The number of pyridine rings is 1. The van der Waals surface area contributed by atoms with Gasteiger partial charge in [0.25, 0.3) is 0 Å². The summed E-state index contributed by atoms with van der Waals surface area (Å²) in [5.74, 6) is 0.711. The highest BCUT2D eigenvalue weighted by molar-refractivity contribution is 5.96. The molecule has 0 spiro atoms. The van der Waals surface area contributed by atoms with E-state index >= 15 is 0 Å². The molecule has 0 fully saturated rings. The molecule has 4 aromatic rings. The summed E-state index contributed by atoms with van der Waals surface area (Å²) in [5, 5.41) is 6.60. The third-order valence-corrected chi connectivity index (χ3v) is 5.46. The fourth-order valence-electron chi connectivity index (χ4n) is 3.92. The van der Waals surface area contributed by atoms with Crippen LogP contribution in [0.5, 0.6) is 0 Å². The highest BCUT2D eigenvalue weighted by atomic mass is 19.1. The summed E-state index contributed by atoms with van der Waals surface area (Å²) in [6.45, 7) is 0.756. The van der Waals surface area contributed by atoms with Crippen molar-refractivity contribution in [1.29, 1.82) is 0 Å². The van der Waals surface area contributed by atoms with Crippen LogP contribution in [0.1, 0.15) is 0 Å². The smallest absolute Gasteiger partial charge is 0.123 e. The summed E-state index contributed by atoms with van der Waals surface area (Å²) in [6, 6.07) is 24.9. The Kier molecular flexibility index (Phi) is 5.21. The molecular formula is C26H24FN5. The molecule has 1 aliphatic heterocycles. The van der Waals surface area contributed by atoms with Crippen molar-refractivity contribution in [2.24, 2.45) is 0 Å². The first-order valence-corrected chi connectivity index (χ1v) is 10.5. The molecule has 5 rings (SSSR count). The van der Waals surface area contributed by atoms with E-state index in [4.69, 9.17) is 4.98 Å². The summed E-state index contributed by atoms with van der Waals surface area (Å²) in [4.78, 5) is 6.87. The van der Waals surface area contributed by atoms with E-state index in [2.05, 4.69) is 39.9 Å². The number of para-hydroxylation sites is 1. The van der Waals surface area contributed by atoms with Gasteiger partial charge in [-0.05, 0) is 54.6 Å². The molecule has 1 aromatic heterocycles. The number of benzene rings is 3. The fraction of sp³-hybridized carbons (Fsp3) is 0.115. The van der Waals surface area contributed by atoms with E-state index in [1.165, 1.54) is 12.1 Å². The normalized spacial score (nSPS) is 13.3. The maximum Gasteiger partial charge on any atom is 0.123 e. The number of fused-ring (bicyclic) bond motifs is 1. The second-order valence-corrected chi connectivity index (χ2v) is 7.91. The first-order chi connectivity index (χ1) is 15.6. The Morgan fingerprint density at radius 2 is 1.81 bits per heavy atom. The van der Waals surface area contributed by atoms with E-state index in [0.29, 0.717) is 0 Å². The van der Waals surface area contributed by atoms with Crippen LogP contribution >= 0.6 is 0 Å². The standard InChI is InChI=1S/C26H24FN5/c1-31(2)25-17-24(18-7-6-8-19(27)15-18)30-23-12-11-20(16-22(23)25)29-26-13-14-28-32(26)21-9-4-3-5-10-21/h3-13,15-17,28-29H,14H2,1-2H3. The molecule has 2 N–H and O–H groups in total. The summed E-state index contributed by atoms with van der Waals surface area (Å²) < 4.78 is 13.8. The first-order valence-electron chi connectivity index (χ1n) is 10.5. The SMILES string of the molecule is CN(C)c1cc(-c2cccc(F)c2)nc2ccc(NC3=CCNN3c3ccccc3)cc12. The number of rotatable bonds is 5. The second-order valence-electron chi connectivity index (χ2n) is 7.91. The largest absolute Gasteiger partial charge is 0.377 e. The Balaban J connectivity index is 1.51. The predicted octanol–water partition coefficient (Wildman–Crippen LogP) is 5.39. The topological polar surface area (TPSA) is 43.4 Å². The molecule has 6 heteroatoms. The van der Waals surface area contributed by atoms with Gasteiger partial charge < -0.3 is 10.2 Å². The van der Waals surface area contributed by atoms with Crippen molar-refractivity contribution in [2.45, 2.75) is 0 Å². The van der Waals surface area contributed by atoms with Gasteiger partial charge in [0.1, 0.15) is 11.6 Å². The van der Waals surface area contributed by atoms with Crippen molar-refractivity contribution < 1.29 is 4.39 Å². The lowest BCUT2D eigenvalue weighted by Gasteiger charge is -2.24. The van der Waals surface area contributed by atoms with Gasteiger partial charge in [0, 0.05) is 43.0 Å². The van der Waals surface area contributed by atoms with Crippen LogP contribution < -0.4 is 20.7 Å². The average molecular weight is 426 g/mol. The molecule has 0 saturated carbocycles. The van der Waals surface area contributed by atoms with Gasteiger partial charge in [-0.2, -0.15) is 0 Å². The van der Waals surface area contributed by atoms with Gasteiger partial charge in [-0.25, -0.2) is 14.8 Å².